The molecule has 0 aromatic heterocycles. The second-order valence-electron chi connectivity index (χ2n) is 2.73. The van der Waals surface area contributed by atoms with Gasteiger partial charge in [0.25, 0.3) is 10.1 Å². The van der Waals surface area contributed by atoms with Crippen molar-refractivity contribution in [1.82, 2.24) is 0 Å². The maximum atomic E-state index is 10.9. The van der Waals surface area contributed by atoms with Crippen molar-refractivity contribution in [2.24, 2.45) is 5.11 Å². The average Bonchev–Trinajstić information content (AvgIpc) is 2.09. The number of halogens is 1. The lowest BCUT2D eigenvalue weighted by atomic mass is 10.2. The van der Waals surface area contributed by atoms with Gasteiger partial charge in [-0.1, -0.05) is 16.7 Å². The molecule has 0 aliphatic heterocycles. The van der Waals surface area contributed by atoms with Crippen molar-refractivity contribution in [1.29, 1.82) is 0 Å². The first-order valence-corrected chi connectivity index (χ1v) is 5.51. The summed E-state index contributed by atoms with van der Waals surface area (Å²) in [7, 11) is -4.44. The third-order valence-corrected chi connectivity index (χ3v) is 2.96. The number of aryl methyl sites for hydroxylation is 1. The monoisotopic (exact) mass is 247 g/mol. The van der Waals surface area contributed by atoms with Crippen LogP contribution in [0.25, 0.3) is 10.4 Å². The lowest BCUT2D eigenvalue weighted by Crippen LogP contribution is -1.98. The Bertz CT molecular complexity index is 549. The van der Waals surface area contributed by atoms with E-state index in [1.54, 1.807) is 6.92 Å². The molecule has 0 aliphatic carbocycles. The standard InChI is InChI=1S/C7H6ClN3O3S/c1-4-2-6(10-11-9)7(3-5(4)8)15(12,13)14/h2-3H,1H3,(H,12,13,14). The molecular formula is C7H6ClN3O3S. The van der Waals surface area contributed by atoms with Crippen LogP contribution in [0.1, 0.15) is 5.56 Å². The van der Waals surface area contributed by atoms with Crippen molar-refractivity contribution in [2.45, 2.75) is 11.8 Å². The molecule has 0 atom stereocenters. The van der Waals surface area contributed by atoms with Gasteiger partial charge in [0.15, 0.2) is 0 Å². The third-order valence-electron chi connectivity index (χ3n) is 1.67. The van der Waals surface area contributed by atoms with Crippen LogP contribution in [0.3, 0.4) is 0 Å². The average molecular weight is 248 g/mol. The van der Waals surface area contributed by atoms with Crippen LogP contribution in [0.2, 0.25) is 5.02 Å². The van der Waals surface area contributed by atoms with E-state index in [-0.39, 0.29) is 10.7 Å². The maximum absolute atomic E-state index is 10.9. The molecule has 0 radical (unpaired) electrons. The minimum atomic E-state index is -4.44. The van der Waals surface area contributed by atoms with Gasteiger partial charge in [0.2, 0.25) is 0 Å². The zero-order chi connectivity index (χ0) is 11.6. The van der Waals surface area contributed by atoms with Crippen molar-refractivity contribution in [3.63, 3.8) is 0 Å². The van der Waals surface area contributed by atoms with E-state index in [9.17, 15) is 8.42 Å². The van der Waals surface area contributed by atoms with Crippen molar-refractivity contribution in [3.05, 3.63) is 33.2 Å². The largest absolute Gasteiger partial charge is 0.295 e. The van der Waals surface area contributed by atoms with Gasteiger partial charge in [-0.25, -0.2) is 0 Å². The van der Waals surface area contributed by atoms with Gasteiger partial charge in [0.05, 0.1) is 5.69 Å². The first kappa shape index (κ1) is 11.8. The molecule has 0 saturated carbocycles. The van der Waals surface area contributed by atoms with E-state index >= 15 is 0 Å². The highest BCUT2D eigenvalue weighted by molar-refractivity contribution is 7.86. The molecule has 0 aliphatic rings. The van der Waals surface area contributed by atoms with Crippen LogP contribution in [-0.2, 0) is 10.1 Å². The van der Waals surface area contributed by atoms with Crippen molar-refractivity contribution >= 4 is 27.4 Å². The maximum Gasteiger partial charge on any atom is 0.295 e. The molecule has 0 unspecified atom stereocenters. The fourth-order valence-electron chi connectivity index (χ4n) is 0.981. The second kappa shape index (κ2) is 4.08. The molecular weight excluding hydrogens is 242 g/mol. The minimum Gasteiger partial charge on any atom is -0.282 e. The molecule has 80 valence electrons. The lowest BCUT2D eigenvalue weighted by molar-refractivity contribution is 0.483. The fraction of sp³-hybridized carbons (Fsp3) is 0.143. The first-order valence-electron chi connectivity index (χ1n) is 3.69. The van der Waals surface area contributed by atoms with Gasteiger partial charge in [-0.2, -0.15) is 8.42 Å². The smallest absolute Gasteiger partial charge is 0.282 e. The SMILES string of the molecule is Cc1cc(N=[N+]=[N-])c(S(=O)(=O)O)cc1Cl. The summed E-state index contributed by atoms with van der Waals surface area (Å²) in [5.74, 6) is 0. The van der Waals surface area contributed by atoms with Gasteiger partial charge < -0.3 is 0 Å². The predicted molar refractivity (Wildman–Crippen MR) is 54.8 cm³/mol. The molecule has 0 fully saturated rings. The quantitative estimate of drug-likeness (QED) is 0.376. The topological polar surface area (TPSA) is 103 Å². The summed E-state index contributed by atoms with van der Waals surface area (Å²) >= 11 is 5.68. The Morgan fingerprint density at radius 3 is 2.60 bits per heavy atom. The summed E-state index contributed by atoms with van der Waals surface area (Å²) < 4.78 is 30.7. The second-order valence-corrected chi connectivity index (χ2v) is 4.53. The van der Waals surface area contributed by atoms with Crippen LogP contribution in [0.5, 0.6) is 0 Å². The van der Waals surface area contributed by atoms with Crippen LogP contribution in [-0.4, -0.2) is 13.0 Å². The summed E-state index contributed by atoms with van der Waals surface area (Å²) in [6.07, 6.45) is 0. The Hall–Kier alpha value is -1.27. The van der Waals surface area contributed by atoms with E-state index in [1.165, 1.54) is 6.07 Å². The molecule has 6 nitrogen and oxygen atoms in total. The molecule has 0 heterocycles. The van der Waals surface area contributed by atoms with Crippen molar-refractivity contribution < 1.29 is 13.0 Å². The molecule has 0 saturated heterocycles. The van der Waals surface area contributed by atoms with Gasteiger partial charge in [0, 0.05) is 9.93 Å². The van der Waals surface area contributed by atoms with Crippen LogP contribution in [0, 0.1) is 6.92 Å². The molecule has 1 aromatic carbocycles. The Balaban J connectivity index is 3.63. The van der Waals surface area contributed by atoms with Gasteiger partial charge in [-0.15, -0.1) is 0 Å². The van der Waals surface area contributed by atoms with E-state index in [2.05, 4.69) is 10.0 Å². The summed E-state index contributed by atoms with van der Waals surface area (Å²) in [5, 5.41) is 3.32. The zero-order valence-electron chi connectivity index (χ0n) is 7.55. The summed E-state index contributed by atoms with van der Waals surface area (Å²) in [6, 6.07) is 2.32. The Morgan fingerprint density at radius 2 is 2.13 bits per heavy atom. The minimum absolute atomic E-state index is 0.166. The molecule has 8 heteroatoms. The first-order chi connectivity index (χ1) is 6.86. The number of nitrogens with zero attached hydrogens (tertiary/aromatic N) is 3. The van der Waals surface area contributed by atoms with Crippen LogP contribution in [0.4, 0.5) is 5.69 Å². The van der Waals surface area contributed by atoms with Gasteiger partial charge in [-0.3, -0.25) is 4.55 Å². The molecule has 1 N–H and O–H groups in total. The van der Waals surface area contributed by atoms with Crippen LogP contribution < -0.4 is 0 Å². The highest BCUT2D eigenvalue weighted by Gasteiger charge is 2.16. The fourth-order valence-corrected chi connectivity index (χ4v) is 1.84. The molecule has 1 aromatic rings. The van der Waals surface area contributed by atoms with E-state index in [0.717, 1.165) is 6.07 Å². The molecule has 0 bridgehead atoms. The normalized spacial score (nSPS) is 10.9. The zero-order valence-corrected chi connectivity index (χ0v) is 9.12. The van der Waals surface area contributed by atoms with E-state index in [4.69, 9.17) is 21.7 Å². The van der Waals surface area contributed by atoms with Crippen LogP contribution >= 0.6 is 11.6 Å². The molecule has 0 spiro atoms. The number of benzene rings is 1. The number of azide groups is 1. The molecule has 1 rings (SSSR count). The third kappa shape index (κ3) is 2.60. The van der Waals surface area contributed by atoms with E-state index in [0.29, 0.717) is 5.56 Å². The predicted octanol–water partition coefficient (Wildman–Crippen LogP) is 2.84. The number of hydrogen-bond donors (Lipinski definition) is 1. The van der Waals surface area contributed by atoms with Crippen molar-refractivity contribution in [2.75, 3.05) is 0 Å². The molecule has 15 heavy (non-hydrogen) atoms. The Kier molecular flexibility index (Phi) is 3.21. The Labute approximate surface area is 90.9 Å². The molecule has 0 amide bonds. The summed E-state index contributed by atoms with van der Waals surface area (Å²) in [4.78, 5) is 1.95. The van der Waals surface area contributed by atoms with Gasteiger partial charge in [0.1, 0.15) is 4.90 Å². The highest BCUT2D eigenvalue weighted by atomic mass is 35.5. The van der Waals surface area contributed by atoms with Gasteiger partial charge >= 0.3 is 0 Å². The summed E-state index contributed by atoms with van der Waals surface area (Å²) in [6.45, 7) is 1.62. The van der Waals surface area contributed by atoms with E-state index in [1.807, 2.05) is 0 Å². The van der Waals surface area contributed by atoms with Crippen LogP contribution in [0.15, 0.2) is 22.1 Å². The highest BCUT2D eigenvalue weighted by Crippen LogP contribution is 2.30. The Morgan fingerprint density at radius 1 is 1.53 bits per heavy atom. The van der Waals surface area contributed by atoms with E-state index < -0.39 is 15.0 Å². The number of rotatable bonds is 2. The van der Waals surface area contributed by atoms with Crippen molar-refractivity contribution in [3.8, 4) is 0 Å². The van der Waals surface area contributed by atoms with Gasteiger partial charge in [-0.05, 0) is 30.2 Å². The summed E-state index contributed by atoms with van der Waals surface area (Å²) in [5.41, 5.74) is 8.59. The lowest BCUT2D eigenvalue weighted by Gasteiger charge is -2.04. The number of hydrogen-bond acceptors (Lipinski definition) is 3.